The Balaban J connectivity index is 0.840. The summed E-state index contributed by atoms with van der Waals surface area (Å²) in [4.78, 5) is 37.6. The molecule has 3 aliphatic heterocycles. The summed E-state index contributed by atoms with van der Waals surface area (Å²) in [6.45, 7) is 4.72. The molecule has 14 nitrogen and oxygen atoms in total. The zero-order chi connectivity index (χ0) is 42.4. The molecule has 5 heterocycles. The number of aromatic amines is 1. The highest BCUT2D eigenvalue weighted by molar-refractivity contribution is 7.90. The van der Waals surface area contributed by atoms with E-state index in [1.165, 1.54) is 57.2 Å². The summed E-state index contributed by atoms with van der Waals surface area (Å²) in [6.07, 6.45) is 14.8. The van der Waals surface area contributed by atoms with E-state index in [-0.39, 0.29) is 28.3 Å². The van der Waals surface area contributed by atoms with Crippen LogP contribution in [-0.4, -0.2) is 79.6 Å². The Hall–Kier alpha value is -5.51. The van der Waals surface area contributed by atoms with Gasteiger partial charge in [-0.3, -0.25) is 19.8 Å². The van der Waals surface area contributed by atoms with Gasteiger partial charge in [0, 0.05) is 79.7 Å². The number of anilines is 2. The van der Waals surface area contributed by atoms with Gasteiger partial charge >= 0.3 is 0 Å². The number of nitrogens with zero attached hydrogens (tertiary/aromatic N) is 4. The molecule has 0 radical (unpaired) electrons. The smallest absolute Gasteiger partial charge is 0.293 e. The van der Waals surface area contributed by atoms with Crippen molar-refractivity contribution in [2.75, 3.05) is 49.6 Å². The van der Waals surface area contributed by atoms with Crippen LogP contribution in [-0.2, 0) is 14.8 Å². The van der Waals surface area contributed by atoms with Crippen molar-refractivity contribution in [3.63, 3.8) is 0 Å². The zero-order valence-corrected chi connectivity index (χ0v) is 35.6. The fourth-order valence-electron chi connectivity index (χ4n) is 10.5. The standard InChI is InChI=1S/C47H53N7O7S/c55-46(51-62(58,59)37-10-12-41(43(26-37)54(56)57)49-27-31-16-22-60-23-17-31)40-11-9-35(25-44(40)61-36-24-33-15-20-48-45(33)50-28-36)52-29-47(30-52)18-13-34(14-19-47)53-21-3-6-42(53)39-5-2-1-4-38(39)32-7-8-32/h1-2,4-5,9-12,15,20,24-26,28,31-32,34,42,49H,3,6-8,13-14,16-19,21-23,27,29-30H2,(H,48,50)(H,51,55)/t42-/m0/s1. The van der Waals surface area contributed by atoms with E-state index in [2.05, 4.69) is 54.1 Å². The molecule has 2 saturated carbocycles. The van der Waals surface area contributed by atoms with Crippen molar-refractivity contribution in [2.45, 2.75) is 87.1 Å². The summed E-state index contributed by atoms with van der Waals surface area (Å²) in [5.74, 6) is 0.650. The molecule has 324 valence electrons. The van der Waals surface area contributed by atoms with E-state index in [4.69, 9.17) is 9.47 Å². The van der Waals surface area contributed by atoms with Gasteiger partial charge in [-0.25, -0.2) is 18.1 Å². The van der Waals surface area contributed by atoms with Crippen LogP contribution >= 0.6 is 0 Å². The number of pyridine rings is 1. The molecular formula is C47H53N7O7S. The van der Waals surface area contributed by atoms with Crippen LogP contribution in [0.3, 0.4) is 0 Å². The van der Waals surface area contributed by atoms with Gasteiger partial charge in [-0.1, -0.05) is 24.3 Å². The van der Waals surface area contributed by atoms with Crippen LogP contribution in [0, 0.1) is 21.4 Å². The molecule has 5 fully saturated rings. The minimum atomic E-state index is -4.53. The van der Waals surface area contributed by atoms with E-state index in [0.717, 1.165) is 61.8 Å². The third-order valence-electron chi connectivity index (χ3n) is 14.0. The van der Waals surface area contributed by atoms with Crippen molar-refractivity contribution < 1.29 is 27.6 Å². The Bertz CT molecular complexity index is 2590. The maximum atomic E-state index is 13.9. The van der Waals surface area contributed by atoms with Gasteiger partial charge in [0.1, 0.15) is 22.8 Å². The second-order valence-electron chi connectivity index (χ2n) is 18.1. The van der Waals surface area contributed by atoms with Gasteiger partial charge in [0.2, 0.25) is 0 Å². The molecule has 5 aromatic rings. The number of fused-ring (bicyclic) bond motifs is 1. The van der Waals surface area contributed by atoms with E-state index < -0.39 is 31.4 Å². The Kier molecular flexibility index (Phi) is 10.9. The third kappa shape index (κ3) is 8.25. The van der Waals surface area contributed by atoms with Crippen molar-refractivity contribution >= 4 is 44.0 Å². The minimum absolute atomic E-state index is 0.00471. The molecule has 15 heteroatoms. The lowest BCUT2D eigenvalue weighted by Gasteiger charge is -2.55. The van der Waals surface area contributed by atoms with Crippen LogP contribution in [0.2, 0.25) is 0 Å². The Morgan fingerprint density at radius 3 is 2.52 bits per heavy atom. The number of nitro groups is 1. The summed E-state index contributed by atoms with van der Waals surface area (Å²) in [5.41, 5.74) is 4.72. The average Bonchev–Trinajstić information content (AvgIpc) is 3.81. The SMILES string of the molecule is O=C(NS(=O)(=O)c1ccc(NCC2CCOCC2)c([N+](=O)[O-])c1)c1ccc(N2CC3(CCC(N4CCC[C@H]4c4ccccc4C4CC4)CC3)C2)cc1Oc1cnc2[nH]ccc2c1. The van der Waals surface area contributed by atoms with Gasteiger partial charge in [0.25, 0.3) is 21.6 Å². The Labute approximate surface area is 361 Å². The molecule has 3 aromatic carbocycles. The van der Waals surface area contributed by atoms with Crippen molar-refractivity contribution in [1.82, 2.24) is 19.6 Å². The number of carbonyl (C=O) groups is 1. The molecule has 0 bridgehead atoms. The van der Waals surface area contributed by atoms with Crippen molar-refractivity contribution in [3.8, 4) is 11.5 Å². The molecule has 2 aromatic heterocycles. The number of hydrogen-bond acceptors (Lipinski definition) is 11. The number of aromatic nitrogens is 2. The number of hydrogen-bond donors (Lipinski definition) is 3. The monoisotopic (exact) mass is 859 g/mol. The second kappa shape index (κ2) is 16.6. The maximum Gasteiger partial charge on any atom is 0.293 e. The van der Waals surface area contributed by atoms with Crippen LogP contribution in [0.5, 0.6) is 11.5 Å². The highest BCUT2D eigenvalue weighted by atomic mass is 32.2. The minimum Gasteiger partial charge on any atom is -0.455 e. The zero-order valence-electron chi connectivity index (χ0n) is 34.8. The van der Waals surface area contributed by atoms with Crippen molar-refractivity contribution in [3.05, 3.63) is 112 Å². The van der Waals surface area contributed by atoms with E-state index >= 15 is 0 Å². The fourth-order valence-corrected chi connectivity index (χ4v) is 11.4. The summed E-state index contributed by atoms with van der Waals surface area (Å²) in [5, 5.41) is 16.0. The first kappa shape index (κ1) is 40.6. The number of rotatable bonds is 13. The first-order valence-electron chi connectivity index (χ1n) is 22.1. The van der Waals surface area contributed by atoms with Crippen LogP contribution in [0.1, 0.15) is 97.7 Å². The first-order valence-corrected chi connectivity index (χ1v) is 23.6. The largest absolute Gasteiger partial charge is 0.455 e. The van der Waals surface area contributed by atoms with Gasteiger partial charge < -0.3 is 24.7 Å². The summed E-state index contributed by atoms with van der Waals surface area (Å²) in [7, 11) is -4.53. The number of likely N-dealkylation sites (tertiary alicyclic amines) is 1. The molecule has 2 aliphatic carbocycles. The van der Waals surface area contributed by atoms with Crippen LogP contribution < -0.4 is 19.7 Å². The van der Waals surface area contributed by atoms with Crippen LogP contribution in [0.25, 0.3) is 11.0 Å². The number of nitrogens with one attached hydrogen (secondary N) is 3. The molecule has 3 saturated heterocycles. The molecule has 3 N–H and O–H groups in total. The van der Waals surface area contributed by atoms with Gasteiger partial charge in [0.05, 0.1) is 21.6 Å². The van der Waals surface area contributed by atoms with Gasteiger partial charge in [0.15, 0.2) is 0 Å². The van der Waals surface area contributed by atoms with E-state index in [0.29, 0.717) is 43.2 Å². The predicted octanol–water partition coefficient (Wildman–Crippen LogP) is 8.68. The Morgan fingerprint density at radius 1 is 0.952 bits per heavy atom. The highest BCUT2D eigenvalue weighted by Crippen LogP contribution is 2.51. The van der Waals surface area contributed by atoms with Crippen molar-refractivity contribution in [1.29, 1.82) is 0 Å². The van der Waals surface area contributed by atoms with Crippen LogP contribution in [0.15, 0.2) is 90.1 Å². The lowest BCUT2D eigenvalue weighted by Crippen LogP contribution is -2.59. The third-order valence-corrected chi connectivity index (χ3v) is 15.3. The molecule has 62 heavy (non-hydrogen) atoms. The summed E-state index contributed by atoms with van der Waals surface area (Å²) >= 11 is 0. The van der Waals surface area contributed by atoms with Gasteiger partial charge in [-0.05, 0) is 130 Å². The molecule has 1 atom stereocenters. The van der Waals surface area contributed by atoms with Gasteiger partial charge in [-0.15, -0.1) is 0 Å². The summed E-state index contributed by atoms with van der Waals surface area (Å²) in [6, 6.07) is 22.8. The predicted molar refractivity (Wildman–Crippen MR) is 236 cm³/mol. The molecule has 0 unspecified atom stereocenters. The lowest BCUT2D eigenvalue weighted by atomic mass is 9.67. The molecule has 5 aliphatic rings. The normalized spacial score (nSPS) is 20.9. The number of carbonyl (C=O) groups excluding carboxylic acids is 1. The number of ether oxygens (including phenoxy) is 2. The highest BCUT2D eigenvalue weighted by Gasteiger charge is 2.47. The quantitative estimate of drug-likeness (QED) is 0.0764. The number of H-pyrrole nitrogens is 1. The average molecular weight is 860 g/mol. The van der Waals surface area contributed by atoms with Crippen molar-refractivity contribution in [2.24, 2.45) is 11.3 Å². The van der Waals surface area contributed by atoms with E-state index in [9.17, 15) is 23.3 Å². The van der Waals surface area contributed by atoms with Crippen LogP contribution in [0.4, 0.5) is 17.1 Å². The van der Waals surface area contributed by atoms with E-state index in [1.54, 1.807) is 41.7 Å². The summed E-state index contributed by atoms with van der Waals surface area (Å²) < 4.78 is 41.3. The Morgan fingerprint density at radius 2 is 1.74 bits per heavy atom. The topological polar surface area (TPSA) is 172 Å². The molecule has 10 rings (SSSR count). The number of sulfonamides is 1. The molecular weight excluding hydrogens is 807 g/mol. The molecule has 1 spiro atoms. The number of benzene rings is 3. The van der Waals surface area contributed by atoms with E-state index in [1.807, 2.05) is 12.1 Å². The maximum absolute atomic E-state index is 13.9. The number of nitro benzene ring substituents is 1. The lowest BCUT2D eigenvalue weighted by molar-refractivity contribution is -0.384. The number of amides is 1. The van der Waals surface area contributed by atoms with Gasteiger partial charge in [-0.2, -0.15) is 0 Å². The fraction of sp³-hybridized carbons (Fsp3) is 0.447. The second-order valence-corrected chi connectivity index (χ2v) is 19.7. The first-order chi connectivity index (χ1) is 30.1. The molecule has 1 amide bonds.